The highest BCUT2D eigenvalue weighted by Crippen LogP contribution is 2.09. The van der Waals surface area contributed by atoms with E-state index >= 15 is 0 Å². The van der Waals surface area contributed by atoms with Gasteiger partial charge in [0.1, 0.15) is 0 Å². The minimum atomic E-state index is -4.16. The molecular weight excluding hydrogens is 188 g/mol. The first kappa shape index (κ1) is 11.8. The number of ether oxygens (including phenoxy) is 2. The summed E-state index contributed by atoms with van der Waals surface area (Å²) < 4.78 is 29.7. The van der Waals surface area contributed by atoms with Crippen molar-refractivity contribution in [2.75, 3.05) is 14.2 Å². The van der Waals surface area contributed by atoms with Gasteiger partial charge in [0.2, 0.25) is 0 Å². The summed E-state index contributed by atoms with van der Waals surface area (Å²) >= 11 is 0. The van der Waals surface area contributed by atoms with Gasteiger partial charge in [0, 0.05) is 21.1 Å². The monoisotopic (exact) mass is 199 g/mol. The third kappa shape index (κ3) is 4.59. The van der Waals surface area contributed by atoms with Gasteiger partial charge >= 0.3 is 10.2 Å². The molecule has 0 spiro atoms. The van der Waals surface area contributed by atoms with Crippen molar-refractivity contribution < 1.29 is 22.7 Å². The first-order chi connectivity index (χ1) is 5.33. The van der Waals surface area contributed by atoms with E-state index in [9.17, 15) is 8.42 Å². The number of hydrogen-bond acceptors (Lipinski definition) is 5. The van der Waals surface area contributed by atoms with Crippen LogP contribution in [0.1, 0.15) is 6.92 Å². The van der Waals surface area contributed by atoms with E-state index in [-0.39, 0.29) is 0 Å². The molecule has 0 rings (SSSR count). The molecule has 0 aromatic carbocycles. The lowest BCUT2D eigenvalue weighted by molar-refractivity contribution is -0.362. The van der Waals surface area contributed by atoms with E-state index in [4.69, 9.17) is 5.14 Å². The summed E-state index contributed by atoms with van der Waals surface area (Å²) in [6, 6.07) is 0. The molecule has 2 N–H and O–H groups in total. The van der Waals surface area contributed by atoms with Crippen LogP contribution in [0.4, 0.5) is 0 Å². The van der Waals surface area contributed by atoms with Crippen molar-refractivity contribution in [3.8, 4) is 0 Å². The average Bonchev–Trinajstić information content (AvgIpc) is 1.99. The molecule has 0 unspecified atom stereocenters. The topological polar surface area (TPSA) is 97.7 Å². The summed E-state index contributed by atoms with van der Waals surface area (Å²) in [7, 11) is -1.63. The Morgan fingerprint density at radius 2 is 1.75 bits per heavy atom. The second-order valence-electron chi connectivity index (χ2n) is 1.96. The largest absolute Gasteiger partial charge is 0.330 e. The second kappa shape index (κ2) is 4.12. The number of methoxy groups -OCH3 is 2. The first-order valence-electron chi connectivity index (χ1n) is 2.87. The van der Waals surface area contributed by atoms with E-state index in [1.54, 1.807) is 0 Å². The Morgan fingerprint density at radius 1 is 1.33 bits per heavy atom. The van der Waals surface area contributed by atoms with Crippen molar-refractivity contribution in [2.45, 2.75) is 12.9 Å². The molecule has 73 valence electrons. The highest BCUT2D eigenvalue weighted by atomic mass is 32.2. The molecule has 1 radical (unpaired) electrons. The zero-order valence-corrected chi connectivity index (χ0v) is 7.77. The Hall–Kier alpha value is -0.250. The van der Waals surface area contributed by atoms with Gasteiger partial charge in [0.05, 0.1) is 0 Å². The van der Waals surface area contributed by atoms with E-state index < -0.39 is 16.2 Å². The van der Waals surface area contributed by atoms with Gasteiger partial charge in [-0.25, -0.2) is 4.84 Å². The molecule has 0 atom stereocenters. The van der Waals surface area contributed by atoms with Gasteiger partial charge in [0.15, 0.2) is 0 Å². The highest BCUT2D eigenvalue weighted by Gasteiger charge is 2.26. The smallest absolute Gasteiger partial charge is 0.313 e. The summed E-state index contributed by atoms with van der Waals surface area (Å²) in [4.78, 5) is 5.88. The number of rotatable bonds is 5. The molecule has 0 fully saturated rings. The van der Waals surface area contributed by atoms with Crippen molar-refractivity contribution in [3.63, 3.8) is 0 Å². The molecule has 0 bridgehead atoms. The molecule has 0 amide bonds. The van der Waals surface area contributed by atoms with E-state index in [0.29, 0.717) is 0 Å². The summed E-state index contributed by atoms with van der Waals surface area (Å²) in [5.74, 6) is -1.52. The summed E-state index contributed by atoms with van der Waals surface area (Å²) in [6.07, 6.45) is 0. The van der Waals surface area contributed by atoms with Gasteiger partial charge in [-0.15, -0.1) is 5.14 Å². The van der Waals surface area contributed by atoms with E-state index in [0.717, 1.165) is 0 Å². The molecule has 0 heterocycles. The molecule has 0 saturated heterocycles. The van der Waals surface area contributed by atoms with Gasteiger partial charge in [-0.05, 0) is 0 Å². The van der Waals surface area contributed by atoms with E-state index in [1.807, 2.05) is 0 Å². The predicted octanol–water partition coefficient (Wildman–Crippen LogP) is -0.998. The highest BCUT2D eigenvalue weighted by molar-refractivity contribution is 7.86. The van der Waals surface area contributed by atoms with Crippen LogP contribution in [0.2, 0.25) is 0 Å². The van der Waals surface area contributed by atoms with Crippen LogP contribution in [0.3, 0.4) is 0 Å². The zero-order valence-electron chi connectivity index (χ0n) is 6.95. The van der Waals surface area contributed by atoms with Crippen LogP contribution in [-0.2, 0) is 24.5 Å². The molecule has 12 heavy (non-hydrogen) atoms. The zero-order chi connectivity index (χ0) is 9.83. The Balaban J connectivity index is 4.07. The minimum Gasteiger partial charge on any atom is -0.330 e. The Labute approximate surface area is 70.9 Å². The molecule has 0 aliphatic carbocycles. The molecule has 0 aliphatic rings. The predicted molar refractivity (Wildman–Crippen MR) is 38.7 cm³/mol. The maximum absolute atomic E-state index is 10.2. The Kier molecular flexibility index (Phi) is 4.03. The third-order valence-corrected chi connectivity index (χ3v) is 1.38. The quantitative estimate of drug-likeness (QED) is 0.452. The van der Waals surface area contributed by atoms with Crippen molar-refractivity contribution in [1.29, 1.82) is 0 Å². The van der Waals surface area contributed by atoms with Crippen LogP contribution in [0, 0.1) is 0 Å². The van der Waals surface area contributed by atoms with E-state index in [2.05, 4.69) is 14.3 Å². The van der Waals surface area contributed by atoms with E-state index in [1.165, 1.54) is 26.0 Å². The van der Waals surface area contributed by atoms with Gasteiger partial charge in [-0.2, -0.15) is 8.42 Å². The maximum atomic E-state index is 10.2. The van der Waals surface area contributed by atoms with Gasteiger partial charge in [-0.1, -0.05) is 4.89 Å². The summed E-state index contributed by atoms with van der Waals surface area (Å²) in [5.41, 5.74) is 0. The summed E-state index contributed by atoms with van der Waals surface area (Å²) in [6.45, 7) is 1.34. The van der Waals surface area contributed by atoms with Crippen LogP contribution >= 0.6 is 0 Å². The molecule has 8 heteroatoms. The third-order valence-electron chi connectivity index (χ3n) is 1.08. The Bertz CT molecular complexity index is 222. The van der Waals surface area contributed by atoms with Crippen LogP contribution < -0.4 is 10.0 Å². The molecule has 0 saturated carbocycles. The van der Waals surface area contributed by atoms with Crippen molar-refractivity contribution in [1.82, 2.24) is 10.0 Å². The second-order valence-corrected chi connectivity index (χ2v) is 3.13. The SMILES string of the molecule is COC(C)(OC)ONS([NH])(=O)=O. The van der Waals surface area contributed by atoms with Crippen LogP contribution in [0.5, 0.6) is 0 Å². The number of hydrogen-bond donors (Lipinski definition) is 1. The van der Waals surface area contributed by atoms with Crippen LogP contribution in [0.15, 0.2) is 0 Å². The molecule has 0 aliphatic heterocycles. The molecule has 0 aromatic heterocycles. The van der Waals surface area contributed by atoms with Crippen molar-refractivity contribution in [3.05, 3.63) is 0 Å². The van der Waals surface area contributed by atoms with Gasteiger partial charge < -0.3 is 9.47 Å². The normalized spacial score (nSPS) is 13.3. The first-order valence-corrected chi connectivity index (χ1v) is 4.36. The fraction of sp³-hybridized carbons (Fsp3) is 1.00. The lowest BCUT2D eigenvalue weighted by atomic mass is 10.6. The average molecular weight is 199 g/mol. The maximum Gasteiger partial charge on any atom is 0.313 e. The van der Waals surface area contributed by atoms with Gasteiger partial charge in [0.25, 0.3) is 5.97 Å². The lowest BCUT2D eigenvalue weighted by Crippen LogP contribution is -2.41. The summed E-state index contributed by atoms with van der Waals surface area (Å²) in [5, 5.41) is 6.39. The van der Waals surface area contributed by atoms with Crippen LogP contribution in [-0.4, -0.2) is 28.6 Å². The van der Waals surface area contributed by atoms with Crippen molar-refractivity contribution >= 4 is 10.2 Å². The van der Waals surface area contributed by atoms with Crippen LogP contribution in [0.25, 0.3) is 0 Å². The number of nitrogens with one attached hydrogen (secondary N) is 2. The molecule has 7 nitrogen and oxygen atoms in total. The minimum absolute atomic E-state index is 1.27. The molecular formula is C4H11N2O5S. The lowest BCUT2D eigenvalue weighted by Gasteiger charge is -2.24. The standard InChI is InChI=1S/C4H11N2O5S/c1-4(9-2,10-3)11-6-12(5,7)8/h5-6H,1-3H3. The fourth-order valence-electron chi connectivity index (χ4n) is 0.297. The van der Waals surface area contributed by atoms with Crippen molar-refractivity contribution in [2.24, 2.45) is 0 Å². The fourth-order valence-corrected chi connectivity index (χ4v) is 0.558. The Morgan fingerprint density at radius 3 is 2.00 bits per heavy atom. The van der Waals surface area contributed by atoms with Gasteiger partial charge in [-0.3, -0.25) is 0 Å². The molecule has 0 aromatic rings.